The van der Waals surface area contributed by atoms with E-state index in [2.05, 4.69) is 0 Å². The van der Waals surface area contributed by atoms with Crippen LogP contribution in [0.15, 0.2) is 0 Å². The third-order valence-electron chi connectivity index (χ3n) is 1.73. The van der Waals surface area contributed by atoms with Crippen molar-refractivity contribution >= 4 is 23.2 Å². The molecule has 1 saturated heterocycles. The van der Waals surface area contributed by atoms with Gasteiger partial charge in [-0.15, -0.1) is 23.2 Å². The SMILES string of the molecule is ClCC(CCl)C1COC1. The molecule has 0 N–H and O–H groups in total. The summed E-state index contributed by atoms with van der Waals surface area (Å²) >= 11 is 11.3. The molecule has 0 bridgehead atoms. The van der Waals surface area contributed by atoms with Gasteiger partial charge in [-0.25, -0.2) is 0 Å². The van der Waals surface area contributed by atoms with Crippen molar-refractivity contribution in [3.63, 3.8) is 0 Å². The van der Waals surface area contributed by atoms with Gasteiger partial charge in [0.05, 0.1) is 13.2 Å². The van der Waals surface area contributed by atoms with Crippen molar-refractivity contribution < 1.29 is 4.74 Å². The molecule has 54 valence electrons. The Labute approximate surface area is 65.3 Å². The minimum Gasteiger partial charge on any atom is -0.381 e. The third-order valence-corrected chi connectivity index (χ3v) is 2.52. The highest BCUT2D eigenvalue weighted by Crippen LogP contribution is 2.22. The van der Waals surface area contributed by atoms with Gasteiger partial charge in [-0.05, 0) is 5.92 Å². The second-order valence-electron chi connectivity index (χ2n) is 2.37. The lowest BCUT2D eigenvalue weighted by Crippen LogP contribution is -2.36. The molecule has 0 atom stereocenters. The smallest absolute Gasteiger partial charge is 0.0519 e. The zero-order valence-corrected chi connectivity index (χ0v) is 6.66. The molecule has 0 aromatic rings. The lowest BCUT2D eigenvalue weighted by molar-refractivity contribution is -0.0520. The predicted molar refractivity (Wildman–Crippen MR) is 39.2 cm³/mol. The number of rotatable bonds is 3. The van der Waals surface area contributed by atoms with Gasteiger partial charge >= 0.3 is 0 Å². The zero-order valence-electron chi connectivity index (χ0n) is 5.15. The Morgan fingerprint density at radius 1 is 1.33 bits per heavy atom. The van der Waals surface area contributed by atoms with Crippen molar-refractivity contribution in [2.45, 2.75) is 0 Å². The quantitative estimate of drug-likeness (QED) is 0.584. The second kappa shape index (κ2) is 3.65. The van der Waals surface area contributed by atoms with Crippen LogP contribution in [0.4, 0.5) is 0 Å². The molecule has 1 fully saturated rings. The predicted octanol–water partition coefficient (Wildman–Crippen LogP) is 1.73. The number of ether oxygens (including phenoxy) is 1. The van der Waals surface area contributed by atoms with E-state index in [0.29, 0.717) is 23.6 Å². The van der Waals surface area contributed by atoms with Gasteiger partial charge in [-0.1, -0.05) is 0 Å². The fourth-order valence-corrected chi connectivity index (χ4v) is 1.65. The topological polar surface area (TPSA) is 9.23 Å². The first-order chi connectivity index (χ1) is 4.38. The summed E-state index contributed by atoms with van der Waals surface area (Å²) in [5, 5.41) is 0. The van der Waals surface area contributed by atoms with E-state index in [1.165, 1.54) is 0 Å². The van der Waals surface area contributed by atoms with Crippen LogP contribution in [0, 0.1) is 11.8 Å². The fraction of sp³-hybridized carbons (Fsp3) is 1.00. The number of halogens is 2. The van der Waals surface area contributed by atoms with Crippen LogP contribution in [0.2, 0.25) is 0 Å². The highest BCUT2D eigenvalue weighted by atomic mass is 35.5. The number of alkyl halides is 2. The molecule has 1 aliphatic heterocycles. The lowest BCUT2D eigenvalue weighted by Gasteiger charge is -2.31. The van der Waals surface area contributed by atoms with Crippen LogP contribution < -0.4 is 0 Å². The Hall–Kier alpha value is 0.540. The monoisotopic (exact) mass is 168 g/mol. The van der Waals surface area contributed by atoms with Gasteiger partial charge in [0, 0.05) is 17.7 Å². The van der Waals surface area contributed by atoms with Crippen LogP contribution in [-0.4, -0.2) is 25.0 Å². The van der Waals surface area contributed by atoms with Crippen molar-refractivity contribution in [2.24, 2.45) is 11.8 Å². The Morgan fingerprint density at radius 3 is 2.00 bits per heavy atom. The molecule has 0 aromatic carbocycles. The molecular weight excluding hydrogens is 159 g/mol. The van der Waals surface area contributed by atoms with Crippen molar-refractivity contribution in [3.8, 4) is 0 Å². The summed E-state index contributed by atoms with van der Waals surface area (Å²) in [5.41, 5.74) is 0. The van der Waals surface area contributed by atoms with Gasteiger partial charge in [-0.2, -0.15) is 0 Å². The van der Waals surface area contributed by atoms with Gasteiger partial charge in [0.1, 0.15) is 0 Å². The summed E-state index contributed by atoms with van der Waals surface area (Å²) in [6, 6.07) is 0. The van der Waals surface area contributed by atoms with E-state index in [1.807, 2.05) is 0 Å². The average Bonchev–Trinajstić information content (AvgIpc) is 1.78. The maximum absolute atomic E-state index is 5.64. The van der Waals surface area contributed by atoms with E-state index in [9.17, 15) is 0 Å². The Bertz CT molecular complexity index is 79.1. The molecule has 1 rings (SSSR count). The van der Waals surface area contributed by atoms with E-state index < -0.39 is 0 Å². The minimum atomic E-state index is 0.460. The highest BCUT2D eigenvalue weighted by molar-refractivity contribution is 6.20. The largest absolute Gasteiger partial charge is 0.381 e. The van der Waals surface area contributed by atoms with Crippen LogP contribution >= 0.6 is 23.2 Å². The standard InChI is InChI=1S/C6H10Cl2O/c7-1-5(2-8)6-3-9-4-6/h5-6H,1-4H2. The van der Waals surface area contributed by atoms with Crippen molar-refractivity contribution in [1.82, 2.24) is 0 Å². The first-order valence-electron chi connectivity index (χ1n) is 3.08. The van der Waals surface area contributed by atoms with Crippen molar-refractivity contribution in [3.05, 3.63) is 0 Å². The third kappa shape index (κ3) is 1.73. The van der Waals surface area contributed by atoms with E-state index in [4.69, 9.17) is 27.9 Å². The molecule has 1 heterocycles. The van der Waals surface area contributed by atoms with Gasteiger partial charge in [0.25, 0.3) is 0 Å². The minimum absolute atomic E-state index is 0.460. The summed E-state index contributed by atoms with van der Waals surface area (Å²) < 4.78 is 5.00. The molecule has 9 heavy (non-hydrogen) atoms. The van der Waals surface area contributed by atoms with E-state index in [1.54, 1.807) is 0 Å². The van der Waals surface area contributed by atoms with Crippen molar-refractivity contribution in [2.75, 3.05) is 25.0 Å². The number of hydrogen-bond donors (Lipinski definition) is 0. The van der Waals surface area contributed by atoms with Gasteiger partial charge in [0.15, 0.2) is 0 Å². The Kier molecular flexibility index (Phi) is 3.10. The second-order valence-corrected chi connectivity index (χ2v) is 2.98. The van der Waals surface area contributed by atoms with Crippen LogP contribution in [0.3, 0.4) is 0 Å². The van der Waals surface area contributed by atoms with Crippen LogP contribution in [0.25, 0.3) is 0 Å². The summed E-state index contributed by atoms with van der Waals surface area (Å²) in [6.45, 7) is 1.70. The first kappa shape index (κ1) is 7.64. The molecule has 1 aliphatic rings. The summed E-state index contributed by atoms with van der Waals surface area (Å²) in [4.78, 5) is 0. The number of hydrogen-bond acceptors (Lipinski definition) is 1. The maximum Gasteiger partial charge on any atom is 0.0519 e. The van der Waals surface area contributed by atoms with Gasteiger partial charge < -0.3 is 4.74 Å². The molecular formula is C6H10Cl2O. The van der Waals surface area contributed by atoms with Gasteiger partial charge in [0.2, 0.25) is 0 Å². The molecule has 0 unspecified atom stereocenters. The lowest BCUT2D eigenvalue weighted by atomic mass is 9.94. The van der Waals surface area contributed by atoms with Crippen LogP contribution in [-0.2, 0) is 4.74 Å². The molecule has 0 aromatic heterocycles. The summed E-state index contributed by atoms with van der Waals surface area (Å²) in [7, 11) is 0. The average molecular weight is 169 g/mol. The molecule has 0 saturated carbocycles. The zero-order chi connectivity index (χ0) is 6.69. The van der Waals surface area contributed by atoms with E-state index in [0.717, 1.165) is 13.2 Å². The van der Waals surface area contributed by atoms with Crippen LogP contribution in [0.5, 0.6) is 0 Å². The molecule has 0 aliphatic carbocycles. The van der Waals surface area contributed by atoms with Crippen molar-refractivity contribution in [1.29, 1.82) is 0 Å². The van der Waals surface area contributed by atoms with E-state index >= 15 is 0 Å². The Morgan fingerprint density at radius 2 is 1.89 bits per heavy atom. The summed E-state index contributed by atoms with van der Waals surface area (Å²) in [6.07, 6.45) is 0. The molecule has 3 heteroatoms. The molecule has 1 nitrogen and oxygen atoms in total. The first-order valence-corrected chi connectivity index (χ1v) is 4.15. The maximum atomic E-state index is 5.64. The molecule has 0 spiro atoms. The molecule has 0 radical (unpaired) electrons. The van der Waals surface area contributed by atoms with Crippen LogP contribution in [0.1, 0.15) is 0 Å². The normalized spacial score (nSPS) is 20.3. The summed E-state index contributed by atoms with van der Waals surface area (Å²) in [5.74, 6) is 2.41. The van der Waals surface area contributed by atoms with E-state index in [-0.39, 0.29) is 0 Å². The highest BCUT2D eigenvalue weighted by Gasteiger charge is 2.26. The molecule has 0 amide bonds. The fourth-order valence-electron chi connectivity index (χ4n) is 0.819. The van der Waals surface area contributed by atoms with Gasteiger partial charge in [-0.3, -0.25) is 0 Å². The Balaban J connectivity index is 2.19.